The van der Waals surface area contributed by atoms with E-state index in [0.717, 1.165) is 0 Å². The Hall–Kier alpha value is -1.13. The minimum Gasteiger partial charge on any atom is -0.0711 e. The molecule has 0 aromatic heterocycles. The van der Waals surface area contributed by atoms with Crippen LogP contribution in [0.3, 0.4) is 0 Å². The first-order chi connectivity index (χ1) is 8.09. The average Bonchev–Trinajstić information content (AvgIpc) is 2.30. The molecule has 17 heavy (non-hydrogen) atoms. The fourth-order valence-electron chi connectivity index (χ4n) is 2.48. The summed E-state index contributed by atoms with van der Waals surface area (Å²) in [7, 11) is -2.13. The first-order valence-corrected chi connectivity index (χ1v) is 12.7. The van der Waals surface area contributed by atoms with E-state index in [1.807, 2.05) is 0 Å². The number of hydrogen-bond acceptors (Lipinski definition) is 0. The van der Waals surface area contributed by atoms with Crippen LogP contribution in [-0.4, -0.2) is 15.9 Å². The third-order valence-corrected chi connectivity index (χ3v) is 14.2. The Balaban J connectivity index is 2.48. The Morgan fingerprint density at radius 3 is 1.29 bits per heavy atom. The van der Waals surface area contributed by atoms with Crippen LogP contribution < -0.4 is 10.4 Å². The zero-order valence-corrected chi connectivity index (χ0v) is 13.0. The molecule has 0 aliphatic carbocycles. The molecule has 0 N–H and O–H groups in total. The van der Waals surface area contributed by atoms with Gasteiger partial charge in [0.2, 0.25) is 0 Å². The molecule has 0 atom stereocenters. The maximum atomic E-state index is 2.50. The van der Waals surface area contributed by atoms with Crippen LogP contribution in [0.15, 0.2) is 60.7 Å². The Labute approximate surface area is 107 Å². The molecule has 0 saturated carbocycles. The van der Waals surface area contributed by atoms with E-state index in [9.17, 15) is 0 Å². The van der Waals surface area contributed by atoms with Gasteiger partial charge in [-0.05, 0) is 0 Å². The second-order valence-corrected chi connectivity index (χ2v) is 19.5. The first kappa shape index (κ1) is 12.3. The normalized spacial score (nSPS) is 11.8. The molecule has 0 unspecified atom stereocenters. The minimum absolute atomic E-state index is 1.000. The highest BCUT2D eigenvalue weighted by molar-refractivity contribution is 7.41. The molecule has 0 fully saturated rings. The van der Waals surface area contributed by atoms with Gasteiger partial charge in [-0.2, -0.15) is 0 Å². The van der Waals surface area contributed by atoms with Gasteiger partial charge in [0.05, 0.1) is 8.31 Å². The highest BCUT2D eigenvalue weighted by Crippen LogP contribution is 2.07. The van der Waals surface area contributed by atoms with Crippen molar-refractivity contribution < 1.29 is 0 Å². The van der Waals surface area contributed by atoms with Crippen molar-refractivity contribution in [1.29, 1.82) is 0 Å². The SMILES string of the molecule is C[Si](C)(C)[SiH](c1ccccc1)c1ccccc1. The van der Waals surface area contributed by atoms with Gasteiger partial charge in [0.25, 0.3) is 0 Å². The largest absolute Gasteiger partial charge is 0.0956 e. The molecule has 2 aromatic rings. The Morgan fingerprint density at radius 2 is 1.00 bits per heavy atom. The van der Waals surface area contributed by atoms with Gasteiger partial charge >= 0.3 is 0 Å². The van der Waals surface area contributed by atoms with Crippen molar-refractivity contribution in [2.45, 2.75) is 19.6 Å². The Bertz CT molecular complexity index is 418. The predicted octanol–water partition coefficient (Wildman–Crippen LogP) is 2.44. The quantitative estimate of drug-likeness (QED) is 0.740. The van der Waals surface area contributed by atoms with E-state index in [1.165, 1.54) is 0 Å². The fourth-order valence-corrected chi connectivity index (χ4v) is 13.2. The molecule has 0 nitrogen and oxygen atoms in total. The van der Waals surface area contributed by atoms with Crippen molar-refractivity contribution in [3.05, 3.63) is 60.7 Å². The van der Waals surface area contributed by atoms with E-state index >= 15 is 0 Å². The van der Waals surface area contributed by atoms with Crippen LogP contribution in [0.1, 0.15) is 0 Å². The topological polar surface area (TPSA) is 0 Å². The van der Waals surface area contributed by atoms with E-state index in [1.54, 1.807) is 10.4 Å². The van der Waals surface area contributed by atoms with Crippen molar-refractivity contribution in [3.63, 3.8) is 0 Å². The summed E-state index contributed by atoms with van der Waals surface area (Å²) in [6.07, 6.45) is 0. The van der Waals surface area contributed by atoms with Gasteiger partial charge in [-0.3, -0.25) is 0 Å². The van der Waals surface area contributed by atoms with Gasteiger partial charge in [0.1, 0.15) is 0 Å². The highest BCUT2D eigenvalue weighted by Gasteiger charge is 2.30. The molecule has 2 heteroatoms. The van der Waals surface area contributed by atoms with Gasteiger partial charge < -0.3 is 0 Å². The van der Waals surface area contributed by atoms with Gasteiger partial charge in [-0.15, -0.1) is 0 Å². The standard InChI is InChI=1S/C15H20Si2/c1-17(2,3)16(14-10-6-4-7-11-14)15-12-8-5-9-13-15/h4-13,16H,1-3H3. The van der Waals surface area contributed by atoms with E-state index < -0.39 is 15.9 Å². The summed E-state index contributed by atoms with van der Waals surface area (Å²) in [5, 5.41) is 3.19. The van der Waals surface area contributed by atoms with Crippen LogP contribution in [0, 0.1) is 0 Å². The molecule has 0 heterocycles. The first-order valence-electron chi connectivity index (χ1n) is 6.19. The molecule has 0 spiro atoms. The molecule has 88 valence electrons. The molecule has 0 aliphatic rings. The van der Waals surface area contributed by atoms with E-state index in [-0.39, 0.29) is 0 Å². The van der Waals surface area contributed by atoms with Gasteiger partial charge in [0, 0.05) is 7.59 Å². The van der Waals surface area contributed by atoms with Crippen molar-refractivity contribution in [2.75, 3.05) is 0 Å². The summed E-state index contributed by atoms with van der Waals surface area (Å²) < 4.78 is 0. The van der Waals surface area contributed by atoms with Crippen LogP contribution in [0.25, 0.3) is 0 Å². The lowest BCUT2D eigenvalue weighted by Crippen LogP contribution is -2.59. The molecule has 2 aromatic carbocycles. The van der Waals surface area contributed by atoms with Crippen LogP contribution in [0.4, 0.5) is 0 Å². The summed E-state index contributed by atoms with van der Waals surface area (Å²) >= 11 is 0. The smallest absolute Gasteiger partial charge is 0.0711 e. The van der Waals surface area contributed by atoms with Crippen molar-refractivity contribution in [3.8, 4) is 0 Å². The third-order valence-electron chi connectivity index (χ3n) is 3.13. The lowest BCUT2D eigenvalue weighted by atomic mass is 10.4. The maximum Gasteiger partial charge on any atom is 0.0956 e. The Kier molecular flexibility index (Phi) is 3.64. The van der Waals surface area contributed by atoms with Crippen LogP contribution >= 0.6 is 0 Å². The van der Waals surface area contributed by atoms with Gasteiger partial charge in [-0.25, -0.2) is 0 Å². The highest BCUT2D eigenvalue weighted by atomic mass is 29.2. The number of hydrogen-bond donors (Lipinski definition) is 0. The minimum atomic E-state index is -1.13. The molecule has 0 amide bonds. The summed E-state index contributed by atoms with van der Waals surface area (Å²) in [6, 6.07) is 22.2. The van der Waals surface area contributed by atoms with Crippen LogP contribution in [-0.2, 0) is 0 Å². The van der Waals surface area contributed by atoms with E-state index in [0.29, 0.717) is 0 Å². The molecule has 0 radical (unpaired) electrons. The summed E-state index contributed by atoms with van der Waals surface area (Å²) in [6.45, 7) is 7.51. The van der Waals surface area contributed by atoms with E-state index in [4.69, 9.17) is 0 Å². The summed E-state index contributed by atoms with van der Waals surface area (Å²) in [5.74, 6) is 0. The lowest BCUT2D eigenvalue weighted by molar-refractivity contribution is 1.72. The second kappa shape index (κ2) is 5.02. The van der Waals surface area contributed by atoms with E-state index in [2.05, 4.69) is 80.3 Å². The molecular formula is C15H20Si2. The van der Waals surface area contributed by atoms with Gasteiger partial charge in [-0.1, -0.05) is 90.7 Å². The molecular weight excluding hydrogens is 236 g/mol. The second-order valence-electron chi connectivity index (χ2n) is 5.62. The van der Waals surface area contributed by atoms with Crippen molar-refractivity contribution in [2.24, 2.45) is 0 Å². The van der Waals surface area contributed by atoms with Crippen LogP contribution in [0.2, 0.25) is 19.6 Å². The zero-order valence-electron chi connectivity index (χ0n) is 10.9. The monoisotopic (exact) mass is 256 g/mol. The van der Waals surface area contributed by atoms with Gasteiger partial charge in [0.15, 0.2) is 0 Å². The maximum absolute atomic E-state index is 2.50. The average molecular weight is 256 g/mol. The molecule has 0 bridgehead atoms. The Morgan fingerprint density at radius 1 is 0.647 bits per heavy atom. The number of benzene rings is 2. The molecule has 0 saturated heterocycles. The fraction of sp³-hybridized carbons (Fsp3) is 0.200. The number of rotatable bonds is 3. The van der Waals surface area contributed by atoms with Crippen molar-refractivity contribution in [1.82, 2.24) is 0 Å². The third kappa shape index (κ3) is 2.96. The molecule has 0 aliphatic heterocycles. The molecule has 2 rings (SSSR count). The predicted molar refractivity (Wildman–Crippen MR) is 82.6 cm³/mol. The van der Waals surface area contributed by atoms with Crippen molar-refractivity contribution >= 4 is 26.3 Å². The lowest BCUT2D eigenvalue weighted by Gasteiger charge is -2.28. The zero-order chi connectivity index (χ0) is 12.3. The van der Waals surface area contributed by atoms with Crippen LogP contribution in [0.5, 0.6) is 0 Å². The summed E-state index contributed by atoms with van der Waals surface area (Å²) in [4.78, 5) is 0. The summed E-state index contributed by atoms with van der Waals surface area (Å²) in [5.41, 5.74) is 0.